The van der Waals surface area contributed by atoms with Crippen molar-refractivity contribution in [2.75, 3.05) is 25.4 Å². The first-order valence-electron chi connectivity index (χ1n) is 4.84. The molecule has 4 nitrogen and oxygen atoms in total. The number of rotatable bonds is 6. The van der Waals surface area contributed by atoms with Crippen molar-refractivity contribution >= 4 is 33.2 Å². The van der Waals surface area contributed by atoms with Crippen LogP contribution in [0, 0.1) is 0 Å². The summed E-state index contributed by atoms with van der Waals surface area (Å²) in [7, 11) is -1.90. The van der Waals surface area contributed by atoms with E-state index in [-0.39, 0.29) is 13.2 Å². The quantitative estimate of drug-likeness (QED) is 0.756. The molecule has 0 aliphatic heterocycles. The van der Waals surface area contributed by atoms with Crippen LogP contribution in [0.1, 0.15) is 0 Å². The minimum atomic E-state index is -3.36. The van der Waals surface area contributed by atoms with E-state index in [0.29, 0.717) is 10.8 Å². The third-order valence-electron chi connectivity index (χ3n) is 2.10. The van der Waals surface area contributed by atoms with Gasteiger partial charge in [0.15, 0.2) is 0 Å². The van der Waals surface area contributed by atoms with E-state index in [9.17, 15) is 8.42 Å². The largest absolute Gasteiger partial charge is 0.492 e. The number of alkyl halides is 1. The molecule has 0 spiro atoms. The van der Waals surface area contributed by atoms with Gasteiger partial charge in [-0.3, -0.25) is 0 Å². The highest BCUT2D eigenvalue weighted by atomic mass is 35.5. The molecule has 7 heteroatoms. The first-order valence-corrected chi connectivity index (χ1v) is 7.36. The molecule has 0 saturated heterocycles. The van der Waals surface area contributed by atoms with E-state index < -0.39 is 15.2 Å². The van der Waals surface area contributed by atoms with E-state index in [0.717, 1.165) is 4.31 Å². The van der Waals surface area contributed by atoms with Gasteiger partial charge in [0.05, 0.1) is 0 Å². The van der Waals surface area contributed by atoms with Gasteiger partial charge < -0.3 is 4.74 Å². The fourth-order valence-corrected chi connectivity index (χ4v) is 2.19. The number of nitrogens with zero attached hydrogens (tertiary/aromatic N) is 1. The van der Waals surface area contributed by atoms with Gasteiger partial charge in [-0.2, -0.15) is 0 Å². The number of likely N-dealkylation sites (N-methyl/N-ethyl adjacent to an activating group) is 1. The van der Waals surface area contributed by atoms with Crippen LogP contribution in [-0.4, -0.2) is 38.1 Å². The van der Waals surface area contributed by atoms with Gasteiger partial charge in [0.2, 0.25) is 10.0 Å². The van der Waals surface area contributed by atoms with Crippen molar-refractivity contribution in [3.63, 3.8) is 0 Å². The number of hydrogen-bond donors (Lipinski definition) is 0. The lowest BCUT2D eigenvalue weighted by Gasteiger charge is -2.15. The molecule has 1 aromatic rings. The van der Waals surface area contributed by atoms with E-state index in [1.165, 1.54) is 7.05 Å². The molecule has 0 aliphatic rings. The molecule has 1 rings (SSSR count). The standard InChI is InChI=1S/C10H13Cl2NO3S/c1-13(17(14,15)8-11)6-7-16-10-4-2-9(12)3-5-10/h2-5H,6-8H2,1H3. The Kier molecular flexibility index (Phi) is 5.52. The van der Waals surface area contributed by atoms with Gasteiger partial charge >= 0.3 is 0 Å². The second kappa shape index (κ2) is 6.44. The van der Waals surface area contributed by atoms with Gasteiger partial charge in [0.1, 0.15) is 17.6 Å². The molecule has 0 aromatic heterocycles. The summed E-state index contributed by atoms with van der Waals surface area (Å²) < 4.78 is 29.1. The Labute approximate surface area is 111 Å². The van der Waals surface area contributed by atoms with E-state index in [1.807, 2.05) is 0 Å². The zero-order valence-electron chi connectivity index (χ0n) is 9.27. The maximum atomic E-state index is 11.3. The number of hydrogen-bond acceptors (Lipinski definition) is 3. The van der Waals surface area contributed by atoms with Crippen molar-refractivity contribution in [1.82, 2.24) is 4.31 Å². The van der Waals surface area contributed by atoms with Gasteiger partial charge in [0, 0.05) is 18.6 Å². The first kappa shape index (κ1) is 14.6. The maximum absolute atomic E-state index is 11.3. The summed E-state index contributed by atoms with van der Waals surface area (Å²) in [5, 5.41) is 0.198. The summed E-state index contributed by atoms with van der Waals surface area (Å²) in [5.74, 6) is 0.645. The van der Waals surface area contributed by atoms with Crippen molar-refractivity contribution in [3.8, 4) is 5.75 Å². The Morgan fingerprint density at radius 3 is 2.41 bits per heavy atom. The molecule has 0 amide bonds. The molecule has 0 unspecified atom stereocenters. The Morgan fingerprint density at radius 2 is 1.88 bits per heavy atom. The van der Waals surface area contributed by atoms with Crippen molar-refractivity contribution in [2.45, 2.75) is 0 Å². The van der Waals surface area contributed by atoms with Gasteiger partial charge in [-0.25, -0.2) is 12.7 Å². The van der Waals surface area contributed by atoms with Crippen LogP contribution >= 0.6 is 23.2 Å². The Balaban J connectivity index is 2.41. The summed E-state index contributed by atoms with van der Waals surface area (Å²) in [6.07, 6.45) is 0. The highest BCUT2D eigenvalue weighted by molar-refractivity contribution is 7.90. The number of halogens is 2. The van der Waals surface area contributed by atoms with Crippen LogP contribution in [0.15, 0.2) is 24.3 Å². The van der Waals surface area contributed by atoms with E-state index >= 15 is 0 Å². The van der Waals surface area contributed by atoms with Crippen LogP contribution in [0.3, 0.4) is 0 Å². The zero-order valence-corrected chi connectivity index (χ0v) is 11.6. The Morgan fingerprint density at radius 1 is 1.29 bits per heavy atom. The third-order valence-corrected chi connectivity index (χ3v) is 4.59. The molecule has 1 aromatic carbocycles. The predicted octanol–water partition coefficient (Wildman–Crippen LogP) is 2.18. The fraction of sp³-hybridized carbons (Fsp3) is 0.400. The van der Waals surface area contributed by atoms with Crippen LogP contribution in [-0.2, 0) is 10.0 Å². The summed E-state index contributed by atoms with van der Waals surface area (Å²) in [6.45, 7) is 0.506. The molecular weight excluding hydrogens is 285 g/mol. The molecule has 0 saturated carbocycles. The van der Waals surface area contributed by atoms with Crippen LogP contribution in [0.5, 0.6) is 5.75 Å². The third kappa shape index (κ3) is 4.71. The molecule has 0 radical (unpaired) electrons. The normalized spacial score (nSPS) is 11.8. The average molecular weight is 298 g/mol. The second-order valence-electron chi connectivity index (χ2n) is 3.34. The summed E-state index contributed by atoms with van der Waals surface area (Å²) in [5.41, 5.74) is 0. The van der Waals surface area contributed by atoms with Crippen molar-refractivity contribution in [3.05, 3.63) is 29.3 Å². The average Bonchev–Trinajstić information content (AvgIpc) is 2.31. The molecule has 96 valence electrons. The molecule has 0 bridgehead atoms. The van der Waals surface area contributed by atoms with E-state index in [4.69, 9.17) is 27.9 Å². The lowest BCUT2D eigenvalue weighted by Crippen LogP contribution is -2.31. The number of benzene rings is 1. The lowest BCUT2D eigenvalue weighted by molar-refractivity contribution is 0.287. The molecular formula is C10H13Cl2NO3S. The monoisotopic (exact) mass is 297 g/mol. The van der Waals surface area contributed by atoms with Gasteiger partial charge in [0.25, 0.3) is 0 Å². The van der Waals surface area contributed by atoms with Crippen molar-refractivity contribution in [2.24, 2.45) is 0 Å². The highest BCUT2D eigenvalue weighted by Crippen LogP contribution is 2.15. The highest BCUT2D eigenvalue weighted by Gasteiger charge is 2.15. The molecule has 0 atom stereocenters. The molecule has 0 aliphatic carbocycles. The molecule has 17 heavy (non-hydrogen) atoms. The summed E-state index contributed by atoms with van der Waals surface area (Å²) in [4.78, 5) is 0. The van der Waals surface area contributed by atoms with Crippen LogP contribution < -0.4 is 4.74 Å². The van der Waals surface area contributed by atoms with Gasteiger partial charge in [-0.15, -0.1) is 11.6 Å². The van der Waals surface area contributed by atoms with Crippen LogP contribution in [0.4, 0.5) is 0 Å². The number of ether oxygens (including phenoxy) is 1. The van der Waals surface area contributed by atoms with Crippen LogP contribution in [0.2, 0.25) is 5.02 Å². The lowest BCUT2D eigenvalue weighted by atomic mass is 10.3. The SMILES string of the molecule is CN(CCOc1ccc(Cl)cc1)S(=O)(=O)CCl. The molecule has 0 N–H and O–H groups in total. The van der Waals surface area contributed by atoms with Gasteiger partial charge in [-0.1, -0.05) is 11.6 Å². The van der Waals surface area contributed by atoms with Gasteiger partial charge in [-0.05, 0) is 24.3 Å². The molecule has 0 heterocycles. The predicted molar refractivity (Wildman–Crippen MR) is 69.2 cm³/mol. The smallest absolute Gasteiger partial charge is 0.228 e. The van der Waals surface area contributed by atoms with Crippen molar-refractivity contribution < 1.29 is 13.2 Å². The summed E-state index contributed by atoms with van der Waals surface area (Å²) >= 11 is 11.0. The number of sulfonamides is 1. The Hall–Kier alpha value is -0.490. The second-order valence-corrected chi connectivity index (χ2v) is 6.44. The fourth-order valence-electron chi connectivity index (χ4n) is 1.05. The van der Waals surface area contributed by atoms with E-state index in [1.54, 1.807) is 24.3 Å². The Bertz CT molecular complexity index is 447. The topological polar surface area (TPSA) is 46.6 Å². The van der Waals surface area contributed by atoms with Crippen molar-refractivity contribution in [1.29, 1.82) is 0 Å². The van der Waals surface area contributed by atoms with E-state index in [2.05, 4.69) is 0 Å². The first-order chi connectivity index (χ1) is 7.95. The molecule has 0 fully saturated rings. The zero-order chi connectivity index (χ0) is 12.9. The maximum Gasteiger partial charge on any atom is 0.228 e. The minimum absolute atomic E-state index is 0.248. The minimum Gasteiger partial charge on any atom is -0.492 e. The summed E-state index contributed by atoms with van der Waals surface area (Å²) in [6, 6.07) is 6.85. The van der Waals surface area contributed by atoms with Crippen LogP contribution in [0.25, 0.3) is 0 Å².